The number of hydrogen-bond donors (Lipinski definition) is 2. The second-order valence-electron chi connectivity index (χ2n) is 12.0. The summed E-state index contributed by atoms with van der Waals surface area (Å²) in [6.45, 7) is 2.85. The van der Waals surface area contributed by atoms with Gasteiger partial charge in [0.1, 0.15) is 10.8 Å². The molecule has 0 aliphatic carbocycles. The summed E-state index contributed by atoms with van der Waals surface area (Å²) in [5.74, 6) is -0.321. The number of imidazole rings is 1. The standard InChI is InChI=1S/C38H33Cl2N5O4/c1-23-33(20-45-22-43-35(39)36(45)40)48-38(49-34(23)27-11-9-24(21-46)10-12-27)28-15-13-26(14-16-28)29-6-4-5-25(17-29)18-42-37(47)32-19-41-30-7-2-3-8-31(30)44-32/h2-17,19,22-23,33-34,38,46H,18,20-21H2,1H3,(H,42,47)/t23-,33+,34+,38+/m1/s1. The van der Waals surface area contributed by atoms with Crippen LogP contribution >= 0.6 is 23.2 Å². The Balaban J connectivity index is 1.07. The molecule has 4 atom stereocenters. The molecule has 1 aliphatic rings. The van der Waals surface area contributed by atoms with Gasteiger partial charge in [0.2, 0.25) is 0 Å². The van der Waals surface area contributed by atoms with E-state index in [1.54, 1.807) is 10.9 Å². The molecule has 1 saturated heterocycles. The van der Waals surface area contributed by atoms with Crippen LogP contribution in [-0.4, -0.2) is 36.6 Å². The smallest absolute Gasteiger partial charge is 0.271 e. The van der Waals surface area contributed by atoms with Crippen molar-refractivity contribution in [2.75, 3.05) is 0 Å². The molecule has 0 saturated carbocycles. The molecule has 7 rings (SSSR count). The van der Waals surface area contributed by atoms with E-state index >= 15 is 0 Å². The molecule has 11 heteroatoms. The number of ether oxygens (including phenoxy) is 2. The number of fused-ring (bicyclic) bond motifs is 1. The van der Waals surface area contributed by atoms with Crippen molar-refractivity contribution in [3.8, 4) is 11.1 Å². The number of rotatable bonds is 9. The number of amides is 1. The van der Waals surface area contributed by atoms with E-state index in [2.05, 4.69) is 33.3 Å². The molecule has 2 N–H and O–H groups in total. The third-order valence-electron chi connectivity index (χ3n) is 8.81. The first-order chi connectivity index (χ1) is 23.9. The highest BCUT2D eigenvalue weighted by Gasteiger charge is 2.39. The number of para-hydroxylation sites is 2. The molecule has 1 aliphatic heterocycles. The molecule has 248 valence electrons. The molecule has 0 unspecified atom stereocenters. The molecule has 0 bridgehead atoms. The normalized spacial score (nSPS) is 19.2. The number of benzene rings is 4. The maximum atomic E-state index is 12.8. The SMILES string of the molecule is C[C@@H]1[C@H](Cn2cnc(Cl)c2Cl)O[C@H](c2ccc(-c3cccc(CNC(=O)c4cnc5ccccc5n4)c3)cc2)O[C@@H]1c1ccc(CO)cc1. The monoisotopic (exact) mass is 693 g/mol. The highest BCUT2D eigenvalue weighted by atomic mass is 35.5. The van der Waals surface area contributed by atoms with Gasteiger partial charge in [0.25, 0.3) is 5.91 Å². The summed E-state index contributed by atoms with van der Waals surface area (Å²) in [5, 5.41) is 13.1. The van der Waals surface area contributed by atoms with Crippen LogP contribution in [0.1, 0.15) is 52.1 Å². The van der Waals surface area contributed by atoms with E-state index in [0.717, 1.165) is 38.9 Å². The highest BCUT2D eigenvalue weighted by Crippen LogP contribution is 2.42. The summed E-state index contributed by atoms with van der Waals surface area (Å²) in [6.07, 6.45) is 1.92. The van der Waals surface area contributed by atoms with E-state index in [0.29, 0.717) is 23.8 Å². The number of halogens is 2. The maximum Gasteiger partial charge on any atom is 0.271 e. The number of aliphatic hydroxyl groups is 1. The maximum absolute atomic E-state index is 12.8. The average Bonchev–Trinajstić information content (AvgIpc) is 3.47. The van der Waals surface area contributed by atoms with E-state index in [-0.39, 0.29) is 41.5 Å². The van der Waals surface area contributed by atoms with E-state index in [1.165, 1.54) is 6.20 Å². The van der Waals surface area contributed by atoms with Gasteiger partial charge in [0, 0.05) is 18.0 Å². The summed E-state index contributed by atoms with van der Waals surface area (Å²) in [4.78, 5) is 25.8. The third kappa shape index (κ3) is 7.22. The number of aliphatic hydroxyl groups excluding tert-OH is 1. The van der Waals surface area contributed by atoms with Crippen LogP contribution in [0.3, 0.4) is 0 Å². The molecule has 49 heavy (non-hydrogen) atoms. The molecule has 0 spiro atoms. The fourth-order valence-corrected chi connectivity index (χ4v) is 6.34. The van der Waals surface area contributed by atoms with Crippen molar-refractivity contribution >= 4 is 40.1 Å². The van der Waals surface area contributed by atoms with Gasteiger partial charge in [-0.3, -0.25) is 9.78 Å². The number of nitrogens with one attached hydrogen (secondary N) is 1. The van der Waals surface area contributed by atoms with Gasteiger partial charge in [-0.25, -0.2) is 9.97 Å². The first kappa shape index (κ1) is 32.9. The minimum Gasteiger partial charge on any atom is -0.392 e. The molecule has 3 heterocycles. The first-order valence-corrected chi connectivity index (χ1v) is 16.7. The van der Waals surface area contributed by atoms with Gasteiger partial charge in [-0.1, -0.05) is 109 Å². The lowest BCUT2D eigenvalue weighted by molar-refractivity contribution is -0.276. The fourth-order valence-electron chi connectivity index (χ4n) is 6.03. The van der Waals surface area contributed by atoms with Gasteiger partial charge in [-0.2, -0.15) is 0 Å². The fraction of sp³-hybridized carbons (Fsp3) is 0.211. The Morgan fingerprint density at radius 3 is 2.35 bits per heavy atom. The predicted octanol–water partition coefficient (Wildman–Crippen LogP) is 7.71. The average molecular weight is 695 g/mol. The second kappa shape index (κ2) is 14.5. The largest absolute Gasteiger partial charge is 0.392 e. The lowest BCUT2D eigenvalue weighted by Gasteiger charge is -2.41. The Labute approximate surface area is 293 Å². The van der Waals surface area contributed by atoms with Crippen LogP contribution in [0.4, 0.5) is 0 Å². The zero-order chi connectivity index (χ0) is 33.9. The van der Waals surface area contributed by atoms with Gasteiger partial charge < -0.3 is 24.5 Å². The van der Waals surface area contributed by atoms with Crippen molar-refractivity contribution in [2.45, 2.75) is 45.1 Å². The summed E-state index contributed by atoms with van der Waals surface area (Å²) >= 11 is 12.6. The third-order valence-corrected chi connectivity index (χ3v) is 9.58. The lowest BCUT2D eigenvalue weighted by atomic mass is 9.90. The Kier molecular flexibility index (Phi) is 9.70. The molecule has 2 aromatic heterocycles. The zero-order valence-electron chi connectivity index (χ0n) is 26.5. The van der Waals surface area contributed by atoms with Gasteiger partial charge in [-0.05, 0) is 46.0 Å². The number of hydrogen-bond acceptors (Lipinski definition) is 7. The molecular weight excluding hydrogens is 661 g/mol. The molecule has 0 radical (unpaired) electrons. The van der Waals surface area contributed by atoms with E-state index in [9.17, 15) is 9.90 Å². The predicted molar refractivity (Wildman–Crippen MR) is 188 cm³/mol. The molecule has 9 nitrogen and oxygen atoms in total. The topological polar surface area (TPSA) is 111 Å². The van der Waals surface area contributed by atoms with Gasteiger partial charge in [0.05, 0.1) is 48.9 Å². The number of nitrogens with zero attached hydrogens (tertiary/aromatic N) is 4. The van der Waals surface area contributed by atoms with Gasteiger partial charge >= 0.3 is 0 Å². The quantitative estimate of drug-likeness (QED) is 0.160. The number of carbonyl (C=O) groups is 1. The number of carbonyl (C=O) groups excluding carboxylic acids is 1. The molecule has 1 fully saturated rings. The minimum atomic E-state index is -0.643. The minimum absolute atomic E-state index is 0.0278. The van der Waals surface area contributed by atoms with Crippen LogP contribution in [0.2, 0.25) is 10.3 Å². The van der Waals surface area contributed by atoms with Crippen LogP contribution < -0.4 is 5.32 Å². The van der Waals surface area contributed by atoms with Crippen molar-refractivity contribution in [2.24, 2.45) is 5.92 Å². The Morgan fingerprint density at radius 2 is 1.61 bits per heavy atom. The molecule has 1 amide bonds. The van der Waals surface area contributed by atoms with Crippen LogP contribution in [0.25, 0.3) is 22.2 Å². The van der Waals surface area contributed by atoms with E-state index < -0.39 is 6.29 Å². The lowest BCUT2D eigenvalue weighted by Crippen LogP contribution is -2.39. The zero-order valence-corrected chi connectivity index (χ0v) is 28.1. The number of aromatic nitrogens is 4. The molecule has 4 aromatic carbocycles. The van der Waals surface area contributed by atoms with Crippen LogP contribution in [0.5, 0.6) is 0 Å². The summed E-state index contributed by atoms with van der Waals surface area (Å²) in [5.41, 5.74) is 7.35. The summed E-state index contributed by atoms with van der Waals surface area (Å²) in [7, 11) is 0. The Bertz CT molecular complexity index is 2090. The van der Waals surface area contributed by atoms with Crippen molar-refractivity contribution in [3.05, 3.63) is 148 Å². The van der Waals surface area contributed by atoms with Crippen molar-refractivity contribution < 1.29 is 19.4 Å². The first-order valence-electron chi connectivity index (χ1n) is 15.9. The van der Waals surface area contributed by atoms with Crippen LogP contribution in [0, 0.1) is 5.92 Å². The van der Waals surface area contributed by atoms with Crippen molar-refractivity contribution in [3.63, 3.8) is 0 Å². The van der Waals surface area contributed by atoms with Crippen molar-refractivity contribution in [1.82, 2.24) is 24.8 Å². The van der Waals surface area contributed by atoms with E-state index in [1.807, 2.05) is 91.0 Å². The summed E-state index contributed by atoms with van der Waals surface area (Å²) < 4.78 is 15.0. The molecular formula is C38H33Cl2N5O4. The second-order valence-corrected chi connectivity index (χ2v) is 12.8. The Hall–Kier alpha value is -4.64. The van der Waals surface area contributed by atoms with Gasteiger partial charge in [-0.15, -0.1) is 0 Å². The summed E-state index contributed by atoms with van der Waals surface area (Å²) in [6, 6.07) is 31.4. The van der Waals surface area contributed by atoms with Crippen molar-refractivity contribution in [1.29, 1.82) is 0 Å². The Morgan fingerprint density at radius 1 is 0.857 bits per heavy atom. The van der Waals surface area contributed by atoms with Crippen LogP contribution in [0.15, 0.2) is 110 Å². The van der Waals surface area contributed by atoms with Gasteiger partial charge in [0.15, 0.2) is 11.4 Å². The van der Waals surface area contributed by atoms with E-state index in [4.69, 9.17) is 32.7 Å². The highest BCUT2D eigenvalue weighted by molar-refractivity contribution is 6.40. The van der Waals surface area contributed by atoms with Crippen LogP contribution in [-0.2, 0) is 29.2 Å². The molecule has 6 aromatic rings.